The lowest BCUT2D eigenvalue weighted by Crippen LogP contribution is -2.47. The second kappa shape index (κ2) is 5.66. The minimum absolute atomic E-state index is 0.328. The van der Waals surface area contributed by atoms with Crippen molar-refractivity contribution in [2.24, 2.45) is 0 Å². The van der Waals surface area contributed by atoms with Crippen molar-refractivity contribution in [1.82, 2.24) is 9.71 Å². The lowest BCUT2D eigenvalue weighted by atomic mass is 10.0. The summed E-state index contributed by atoms with van der Waals surface area (Å²) < 4.78 is 28.6. The number of nitrogens with one attached hydrogen (secondary N) is 1. The van der Waals surface area contributed by atoms with Gasteiger partial charge in [-0.05, 0) is 25.0 Å². The molecule has 0 spiro atoms. The van der Waals surface area contributed by atoms with Gasteiger partial charge in [-0.3, -0.25) is 4.98 Å². The number of halogens is 1. The van der Waals surface area contributed by atoms with Crippen molar-refractivity contribution in [2.75, 3.05) is 5.33 Å². The third-order valence-corrected chi connectivity index (χ3v) is 6.81. The first-order valence-electron chi connectivity index (χ1n) is 6.99. The second-order valence-electron chi connectivity index (χ2n) is 5.58. The number of aromatic nitrogens is 1. The summed E-state index contributed by atoms with van der Waals surface area (Å²) in [6, 6.07) is 7.03. The van der Waals surface area contributed by atoms with Crippen LogP contribution in [-0.4, -0.2) is 24.3 Å². The molecule has 1 saturated carbocycles. The quantitative estimate of drug-likeness (QED) is 0.842. The Morgan fingerprint density at radius 3 is 2.71 bits per heavy atom. The van der Waals surface area contributed by atoms with Crippen molar-refractivity contribution in [2.45, 2.75) is 36.1 Å². The molecule has 1 heterocycles. The average molecular weight is 369 g/mol. The first-order chi connectivity index (χ1) is 10.1. The Balaban J connectivity index is 2.04. The molecule has 1 fully saturated rings. The summed E-state index contributed by atoms with van der Waals surface area (Å²) >= 11 is 3.47. The first-order valence-corrected chi connectivity index (χ1v) is 9.60. The van der Waals surface area contributed by atoms with E-state index in [0.717, 1.165) is 31.1 Å². The number of benzene rings is 1. The lowest BCUT2D eigenvalue weighted by Gasteiger charge is -2.28. The van der Waals surface area contributed by atoms with E-state index in [1.807, 2.05) is 6.07 Å². The number of alkyl halides is 1. The fraction of sp³-hybridized carbons (Fsp3) is 0.400. The Morgan fingerprint density at radius 1 is 1.24 bits per heavy atom. The van der Waals surface area contributed by atoms with Crippen molar-refractivity contribution in [3.63, 3.8) is 0 Å². The SMILES string of the molecule is O=S(=O)(NC1(CBr)CCCC1)c1cccc2cnccc12. The fourth-order valence-corrected chi connectivity index (χ4v) is 5.56. The van der Waals surface area contributed by atoms with Gasteiger partial charge in [0.2, 0.25) is 10.0 Å². The van der Waals surface area contributed by atoms with Crippen LogP contribution in [0.2, 0.25) is 0 Å². The summed E-state index contributed by atoms with van der Waals surface area (Å²) in [5.74, 6) is 0. The van der Waals surface area contributed by atoms with Crippen LogP contribution in [0.4, 0.5) is 0 Å². The Kier molecular flexibility index (Phi) is 4.03. The van der Waals surface area contributed by atoms with Crippen LogP contribution < -0.4 is 4.72 Å². The van der Waals surface area contributed by atoms with E-state index in [0.29, 0.717) is 15.6 Å². The summed E-state index contributed by atoms with van der Waals surface area (Å²) in [6.07, 6.45) is 7.19. The van der Waals surface area contributed by atoms with Gasteiger partial charge in [0.1, 0.15) is 0 Å². The van der Waals surface area contributed by atoms with Crippen LogP contribution in [-0.2, 0) is 10.0 Å². The molecule has 0 unspecified atom stereocenters. The Morgan fingerprint density at radius 2 is 2.00 bits per heavy atom. The maximum absolute atomic E-state index is 12.8. The highest BCUT2D eigenvalue weighted by molar-refractivity contribution is 9.09. The van der Waals surface area contributed by atoms with Gasteiger partial charge < -0.3 is 0 Å². The Bertz CT molecular complexity index is 750. The van der Waals surface area contributed by atoms with E-state index >= 15 is 0 Å². The minimum Gasteiger partial charge on any atom is -0.264 e. The van der Waals surface area contributed by atoms with Crippen LogP contribution >= 0.6 is 15.9 Å². The molecule has 1 aliphatic rings. The number of fused-ring (bicyclic) bond motifs is 1. The highest BCUT2D eigenvalue weighted by atomic mass is 79.9. The topological polar surface area (TPSA) is 59.1 Å². The van der Waals surface area contributed by atoms with Gasteiger partial charge in [0.15, 0.2) is 0 Å². The maximum Gasteiger partial charge on any atom is 0.241 e. The van der Waals surface area contributed by atoms with Gasteiger partial charge in [-0.25, -0.2) is 13.1 Å². The van der Waals surface area contributed by atoms with E-state index in [9.17, 15) is 8.42 Å². The molecule has 0 atom stereocenters. The van der Waals surface area contributed by atoms with Crippen LogP contribution in [0.25, 0.3) is 10.8 Å². The van der Waals surface area contributed by atoms with Gasteiger partial charge in [-0.1, -0.05) is 40.9 Å². The molecule has 21 heavy (non-hydrogen) atoms. The van der Waals surface area contributed by atoms with E-state index in [4.69, 9.17) is 0 Å². The summed E-state index contributed by atoms with van der Waals surface area (Å²) in [7, 11) is -3.55. The number of pyridine rings is 1. The zero-order valence-corrected chi connectivity index (χ0v) is 14.0. The number of rotatable bonds is 4. The van der Waals surface area contributed by atoms with Crippen LogP contribution in [0.1, 0.15) is 25.7 Å². The van der Waals surface area contributed by atoms with Gasteiger partial charge in [0.05, 0.1) is 4.90 Å². The molecule has 1 aliphatic carbocycles. The van der Waals surface area contributed by atoms with E-state index in [1.54, 1.807) is 30.6 Å². The molecule has 2 aromatic rings. The Labute approximate surface area is 133 Å². The van der Waals surface area contributed by atoms with Crippen molar-refractivity contribution in [3.05, 3.63) is 36.7 Å². The lowest BCUT2D eigenvalue weighted by molar-refractivity contribution is 0.438. The third kappa shape index (κ3) is 2.84. The summed E-state index contributed by atoms with van der Waals surface area (Å²) in [5, 5.41) is 2.19. The summed E-state index contributed by atoms with van der Waals surface area (Å²) in [6.45, 7) is 0. The largest absolute Gasteiger partial charge is 0.264 e. The highest BCUT2D eigenvalue weighted by Crippen LogP contribution is 2.33. The van der Waals surface area contributed by atoms with Crippen LogP contribution in [0.3, 0.4) is 0 Å². The Hall–Kier alpha value is -0.980. The number of hydrogen-bond donors (Lipinski definition) is 1. The van der Waals surface area contributed by atoms with Crippen LogP contribution in [0.15, 0.2) is 41.6 Å². The predicted octanol–water partition coefficient (Wildman–Crippen LogP) is 3.22. The number of sulfonamides is 1. The number of nitrogens with zero attached hydrogens (tertiary/aromatic N) is 1. The summed E-state index contributed by atoms with van der Waals surface area (Å²) in [5.41, 5.74) is -0.353. The molecule has 0 radical (unpaired) electrons. The van der Waals surface area contributed by atoms with Crippen molar-refractivity contribution in [3.8, 4) is 0 Å². The smallest absolute Gasteiger partial charge is 0.241 e. The molecule has 0 amide bonds. The van der Waals surface area contributed by atoms with Crippen LogP contribution in [0, 0.1) is 0 Å². The predicted molar refractivity (Wildman–Crippen MR) is 87.1 cm³/mol. The zero-order chi connectivity index (χ0) is 14.9. The molecule has 1 aromatic heterocycles. The average Bonchev–Trinajstić information content (AvgIpc) is 2.95. The normalized spacial score (nSPS) is 18.1. The molecule has 4 nitrogen and oxygen atoms in total. The van der Waals surface area contributed by atoms with E-state index in [2.05, 4.69) is 25.6 Å². The maximum atomic E-state index is 12.8. The number of hydrogen-bond acceptors (Lipinski definition) is 3. The highest BCUT2D eigenvalue weighted by Gasteiger charge is 2.37. The molecule has 112 valence electrons. The van der Waals surface area contributed by atoms with E-state index in [1.165, 1.54) is 0 Å². The van der Waals surface area contributed by atoms with Gasteiger partial charge in [-0.15, -0.1) is 0 Å². The monoisotopic (exact) mass is 368 g/mol. The van der Waals surface area contributed by atoms with Crippen molar-refractivity contribution >= 4 is 36.7 Å². The van der Waals surface area contributed by atoms with Crippen molar-refractivity contribution < 1.29 is 8.42 Å². The van der Waals surface area contributed by atoms with Crippen molar-refractivity contribution in [1.29, 1.82) is 0 Å². The molecule has 3 rings (SSSR count). The van der Waals surface area contributed by atoms with Gasteiger partial charge in [0.25, 0.3) is 0 Å². The zero-order valence-electron chi connectivity index (χ0n) is 11.5. The van der Waals surface area contributed by atoms with E-state index in [-0.39, 0.29) is 5.54 Å². The first kappa shape index (κ1) is 14.9. The molecule has 0 saturated heterocycles. The second-order valence-corrected chi connectivity index (χ2v) is 7.79. The molecule has 0 aliphatic heterocycles. The summed E-state index contributed by atoms with van der Waals surface area (Å²) in [4.78, 5) is 4.37. The van der Waals surface area contributed by atoms with Gasteiger partial charge in [-0.2, -0.15) is 0 Å². The standard InChI is InChI=1S/C15H17BrN2O2S/c16-11-15(7-1-2-8-15)18-21(19,20)14-5-3-4-12-10-17-9-6-13(12)14/h3-6,9-10,18H,1-2,7-8,11H2. The van der Waals surface area contributed by atoms with Crippen LogP contribution in [0.5, 0.6) is 0 Å². The molecule has 6 heteroatoms. The fourth-order valence-electron chi connectivity index (χ4n) is 2.98. The molecular weight excluding hydrogens is 352 g/mol. The van der Waals surface area contributed by atoms with Gasteiger partial charge in [0, 0.05) is 34.0 Å². The van der Waals surface area contributed by atoms with E-state index < -0.39 is 10.0 Å². The minimum atomic E-state index is -3.55. The molecule has 0 bridgehead atoms. The van der Waals surface area contributed by atoms with Gasteiger partial charge >= 0.3 is 0 Å². The third-order valence-electron chi connectivity index (χ3n) is 4.10. The molecule has 1 N–H and O–H groups in total. The molecular formula is C15H17BrN2O2S. The molecule has 1 aromatic carbocycles.